The first-order valence-electron chi connectivity index (χ1n) is 2.86. The zero-order valence-electron chi connectivity index (χ0n) is 5.78. The molecule has 0 fully saturated rings. The van der Waals surface area contributed by atoms with Crippen molar-refractivity contribution in [3.05, 3.63) is 6.92 Å². The van der Waals surface area contributed by atoms with Crippen LogP contribution in [-0.4, -0.2) is 24.5 Å². The van der Waals surface area contributed by atoms with Crippen molar-refractivity contribution < 1.29 is 25.8 Å². The van der Waals surface area contributed by atoms with Crippen molar-refractivity contribution in [3.63, 3.8) is 0 Å². The van der Waals surface area contributed by atoms with Crippen LogP contribution in [0, 0.1) is 6.92 Å². The molecular formula is C6H14HfN. The summed E-state index contributed by atoms with van der Waals surface area (Å²) >= 11 is 0. The van der Waals surface area contributed by atoms with Gasteiger partial charge in [0.05, 0.1) is 0 Å². The Labute approximate surface area is 71.2 Å². The smallest absolute Gasteiger partial charge is 0 e. The minimum atomic E-state index is 0. The van der Waals surface area contributed by atoms with Gasteiger partial charge in [0, 0.05) is 25.8 Å². The second-order valence-corrected chi connectivity index (χ2v) is 1.53. The summed E-state index contributed by atoms with van der Waals surface area (Å²) in [5.74, 6) is 0. The summed E-state index contributed by atoms with van der Waals surface area (Å²) < 4.78 is 0. The number of rotatable bonds is 3. The molecule has 0 spiro atoms. The van der Waals surface area contributed by atoms with Crippen molar-refractivity contribution in [1.82, 2.24) is 4.90 Å². The van der Waals surface area contributed by atoms with Crippen LogP contribution in [0.1, 0.15) is 13.8 Å². The van der Waals surface area contributed by atoms with E-state index in [2.05, 4.69) is 25.7 Å². The first-order chi connectivity index (χ1) is 3.35. The Bertz CT molecular complexity index is 30.0. The van der Waals surface area contributed by atoms with Crippen LogP contribution in [0.3, 0.4) is 0 Å². The SMILES string of the molecule is [CH2]CN(CC)CC.[Hf]. The molecule has 0 bridgehead atoms. The third-order valence-electron chi connectivity index (χ3n) is 1.21. The summed E-state index contributed by atoms with van der Waals surface area (Å²) in [6.07, 6.45) is 0. The van der Waals surface area contributed by atoms with Crippen LogP contribution in [-0.2, 0) is 25.8 Å². The van der Waals surface area contributed by atoms with Gasteiger partial charge in [-0.05, 0) is 26.6 Å². The summed E-state index contributed by atoms with van der Waals surface area (Å²) in [6, 6.07) is 0. The fourth-order valence-corrected chi connectivity index (χ4v) is 0.540. The average molecular weight is 279 g/mol. The standard InChI is InChI=1S/C6H14N.Hf/c1-4-7(5-2)6-3;/h1,4-6H2,2-3H3;. The quantitative estimate of drug-likeness (QED) is 0.701. The zero-order valence-corrected chi connectivity index (χ0v) is 9.37. The average Bonchev–Trinajstić information content (AvgIpc) is 1.72. The maximum Gasteiger partial charge on any atom is 0 e. The molecule has 0 amide bonds. The van der Waals surface area contributed by atoms with Gasteiger partial charge in [-0.1, -0.05) is 13.8 Å². The van der Waals surface area contributed by atoms with E-state index in [0.717, 1.165) is 19.6 Å². The summed E-state index contributed by atoms with van der Waals surface area (Å²) in [6.45, 7) is 11.2. The summed E-state index contributed by atoms with van der Waals surface area (Å²) in [5.41, 5.74) is 0. The van der Waals surface area contributed by atoms with Gasteiger partial charge in [0.1, 0.15) is 0 Å². The van der Waals surface area contributed by atoms with Crippen molar-refractivity contribution in [2.75, 3.05) is 19.6 Å². The van der Waals surface area contributed by atoms with Crippen LogP contribution in [0.25, 0.3) is 0 Å². The molecule has 2 heteroatoms. The van der Waals surface area contributed by atoms with Gasteiger partial charge >= 0.3 is 0 Å². The van der Waals surface area contributed by atoms with Gasteiger partial charge in [-0.15, -0.1) is 0 Å². The molecule has 0 rings (SSSR count). The van der Waals surface area contributed by atoms with Crippen LogP contribution in [0.4, 0.5) is 0 Å². The largest absolute Gasteiger partial charge is 0.304 e. The van der Waals surface area contributed by atoms with Gasteiger partial charge in [0.15, 0.2) is 0 Å². The minimum absolute atomic E-state index is 0. The van der Waals surface area contributed by atoms with Crippen molar-refractivity contribution >= 4 is 0 Å². The fourth-order valence-electron chi connectivity index (χ4n) is 0.540. The van der Waals surface area contributed by atoms with Crippen LogP contribution >= 0.6 is 0 Å². The van der Waals surface area contributed by atoms with Crippen molar-refractivity contribution in [2.45, 2.75) is 13.8 Å². The van der Waals surface area contributed by atoms with E-state index in [9.17, 15) is 0 Å². The molecule has 0 heterocycles. The summed E-state index contributed by atoms with van der Waals surface area (Å²) in [7, 11) is 0. The molecule has 0 aromatic rings. The summed E-state index contributed by atoms with van der Waals surface area (Å²) in [5, 5.41) is 0. The van der Waals surface area contributed by atoms with Gasteiger partial charge in [0.25, 0.3) is 0 Å². The Morgan fingerprint density at radius 2 is 1.62 bits per heavy atom. The molecule has 1 radical (unpaired) electrons. The normalized spacial score (nSPS) is 9.00. The number of hydrogen-bond donors (Lipinski definition) is 0. The molecule has 0 N–H and O–H groups in total. The molecule has 47 valence electrons. The molecule has 0 aliphatic rings. The van der Waals surface area contributed by atoms with Crippen LogP contribution < -0.4 is 0 Å². The molecule has 0 aliphatic carbocycles. The molecule has 0 unspecified atom stereocenters. The van der Waals surface area contributed by atoms with Crippen LogP contribution in [0.5, 0.6) is 0 Å². The van der Waals surface area contributed by atoms with Gasteiger partial charge < -0.3 is 4.90 Å². The maximum absolute atomic E-state index is 3.75. The topological polar surface area (TPSA) is 3.24 Å². The molecule has 0 aromatic heterocycles. The van der Waals surface area contributed by atoms with E-state index in [0.29, 0.717) is 0 Å². The predicted octanol–water partition coefficient (Wildman–Crippen LogP) is 1.16. The molecule has 8 heavy (non-hydrogen) atoms. The second-order valence-electron chi connectivity index (χ2n) is 1.53. The number of nitrogens with zero attached hydrogens (tertiary/aromatic N) is 1. The van der Waals surface area contributed by atoms with Crippen molar-refractivity contribution in [1.29, 1.82) is 0 Å². The first-order valence-corrected chi connectivity index (χ1v) is 2.86. The fraction of sp³-hybridized carbons (Fsp3) is 0.833. The monoisotopic (exact) mass is 280 g/mol. The Morgan fingerprint density at radius 1 is 1.25 bits per heavy atom. The third-order valence-corrected chi connectivity index (χ3v) is 1.21. The van der Waals surface area contributed by atoms with Crippen molar-refractivity contribution in [3.8, 4) is 0 Å². The Kier molecular flexibility index (Phi) is 11.4. The Hall–Kier alpha value is 0.830. The summed E-state index contributed by atoms with van der Waals surface area (Å²) in [4.78, 5) is 2.26. The molecule has 1 nitrogen and oxygen atoms in total. The van der Waals surface area contributed by atoms with Crippen LogP contribution in [0.15, 0.2) is 0 Å². The van der Waals surface area contributed by atoms with E-state index in [4.69, 9.17) is 0 Å². The Morgan fingerprint density at radius 3 is 1.62 bits per heavy atom. The van der Waals surface area contributed by atoms with Gasteiger partial charge in [0.2, 0.25) is 0 Å². The van der Waals surface area contributed by atoms with Crippen molar-refractivity contribution in [2.24, 2.45) is 0 Å². The first kappa shape index (κ1) is 11.6. The Balaban J connectivity index is 0. The molecule has 0 aliphatic heterocycles. The van der Waals surface area contributed by atoms with Gasteiger partial charge in [-0.2, -0.15) is 0 Å². The van der Waals surface area contributed by atoms with E-state index in [1.807, 2.05) is 0 Å². The zero-order chi connectivity index (χ0) is 5.70. The number of hydrogen-bond acceptors (Lipinski definition) is 1. The van der Waals surface area contributed by atoms with Gasteiger partial charge in [-0.25, -0.2) is 0 Å². The van der Waals surface area contributed by atoms with E-state index in [-0.39, 0.29) is 25.8 Å². The molecular weight excluding hydrogens is 265 g/mol. The van der Waals surface area contributed by atoms with E-state index in [1.165, 1.54) is 0 Å². The molecule has 0 aromatic carbocycles. The van der Waals surface area contributed by atoms with E-state index in [1.54, 1.807) is 0 Å². The third kappa shape index (κ3) is 4.98. The second kappa shape index (κ2) is 7.83. The molecule has 0 atom stereocenters. The molecule has 0 saturated heterocycles. The minimum Gasteiger partial charge on any atom is -0.304 e. The maximum atomic E-state index is 3.75. The molecule has 0 saturated carbocycles. The van der Waals surface area contributed by atoms with Crippen LogP contribution in [0.2, 0.25) is 0 Å². The van der Waals surface area contributed by atoms with Gasteiger partial charge in [-0.3, -0.25) is 0 Å². The van der Waals surface area contributed by atoms with E-state index < -0.39 is 0 Å². The van der Waals surface area contributed by atoms with E-state index >= 15 is 0 Å². The predicted molar refractivity (Wildman–Crippen MR) is 33.1 cm³/mol.